The number of amides is 1. The van der Waals surface area contributed by atoms with Crippen LogP contribution in [0, 0.1) is 5.92 Å². The highest BCUT2D eigenvalue weighted by atomic mass is 16.4. The fraction of sp³-hybridized carbons (Fsp3) is 0.636. The lowest BCUT2D eigenvalue weighted by Crippen LogP contribution is -2.30. The standard InChI is InChI=1S/C11H19N5O3/c1-2-8(6-12)5-10(17)13-3-4-16-7-9(11(18)19)14-15-16/h7-8H,2-6,12H2,1H3,(H,13,17)(H,18,19). The molecule has 1 aromatic rings. The molecule has 19 heavy (non-hydrogen) atoms. The van der Waals surface area contributed by atoms with Gasteiger partial charge in [-0.2, -0.15) is 0 Å². The second-order valence-electron chi connectivity index (χ2n) is 4.24. The van der Waals surface area contributed by atoms with E-state index in [1.807, 2.05) is 6.92 Å². The molecule has 1 amide bonds. The predicted molar refractivity (Wildman–Crippen MR) is 67.4 cm³/mol. The monoisotopic (exact) mass is 269 g/mol. The number of rotatable bonds is 8. The Morgan fingerprint density at radius 1 is 1.58 bits per heavy atom. The predicted octanol–water partition coefficient (Wildman–Crippen LogP) is -0.532. The molecule has 1 rings (SSSR count). The van der Waals surface area contributed by atoms with E-state index in [1.165, 1.54) is 10.9 Å². The second kappa shape index (κ2) is 7.47. The van der Waals surface area contributed by atoms with Crippen molar-refractivity contribution in [3.05, 3.63) is 11.9 Å². The van der Waals surface area contributed by atoms with Gasteiger partial charge in [0, 0.05) is 13.0 Å². The zero-order chi connectivity index (χ0) is 14.3. The zero-order valence-corrected chi connectivity index (χ0v) is 10.9. The maximum Gasteiger partial charge on any atom is 0.358 e. The number of carboxylic acids is 1. The molecule has 0 saturated heterocycles. The van der Waals surface area contributed by atoms with Gasteiger partial charge in [-0.25, -0.2) is 9.48 Å². The quantitative estimate of drug-likeness (QED) is 0.583. The van der Waals surface area contributed by atoms with Crippen LogP contribution in [0.3, 0.4) is 0 Å². The maximum absolute atomic E-state index is 11.6. The van der Waals surface area contributed by atoms with Crippen LogP contribution in [0.15, 0.2) is 6.20 Å². The molecule has 0 bridgehead atoms. The van der Waals surface area contributed by atoms with E-state index in [0.29, 0.717) is 26.1 Å². The highest BCUT2D eigenvalue weighted by Gasteiger charge is 2.11. The molecule has 1 aromatic heterocycles. The van der Waals surface area contributed by atoms with E-state index in [9.17, 15) is 9.59 Å². The van der Waals surface area contributed by atoms with Crippen molar-refractivity contribution >= 4 is 11.9 Å². The summed E-state index contributed by atoms with van der Waals surface area (Å²) in [6.45, 7) is 3.25. The number of nitrogens with two attached hydrogens (primary N) is 1. The molecule has 106 valence electrons. The fourth-order valence-electron chi connectivity index (χ4n) is 1.54. The Bertz CT molecular complexity index is 428. The number of carboxylic acid groups (broad SMARTS) is 1. The highest BCUT2D eigenvalue weighted by Crippen LogP contribution is 2.05. The van der Waals surface area contributed by atoms with Gasteiger partial charge in [-0.05, 0) is 12.5 Å². The third-order valence-electron chi connectivity index (χ3n) is 2.81. The minimum atomic E-state index is -1.12. The molecule has 0 spiro atoms. The van der Waals surface area contributed by atoms with Crippen molar-refractivity contribution in [1.82, 2.24) is 20.3 Å². The summed E-state index contributed by atoms with van der Waals surface area (Å²) in [6, 6.07) is 0. The third kappa shape index (κ3) is 5.04. The topological polar surface area (TPSA) is 123 Å². The third-order valence-corrected chi connectivity index (χ3v) is 2.81. The van der Waals surface area contributed by atoms with E-state index in [-0.39, 0.29) is 17.5 Å². The number of aromatic nitrogens is 3. The van der Waals surface area contributed by atoms with E-state index in [2.05, 4.69) is 15.6 Å². The Balaban J connectivity index is 2.29. The van der Waals surface area contributed by atoms with E-state index in [0.717, 1.165) is 6.42 Å². The Morgan fingerprint density at radius 3 is 2.84 bits per heavy atom. The second-order valence-corrected chi connectivity index (χ2v) is 4.24. The summed E-state index contributed by atoms with van der Waals surface area (Å²) >= 11 is 0. The largest absolute Gasteiger partial charge is 0.476 e. The highest BCUT2D eigenvalue weighted by molar-refractivity contribution is 5.84. The van der Waals surface area contributed by atoms with Gasteiger partial charge in [0.05, 0.1) is 12.7 Å². The lowest BCUT2D eigenvalue weighted by molar-refractivity contribution is -0.122. The van der Waals surface area contributed by atoms with Crippen LogP contribution < -0.4 is 11.1 Å². The lowest BCUT2D eigenvalue weighted by atomic mass is 10.0. The maximum atomic E-state index is 11.6. The summed E-state index contributed by atoms with van der Waals surface area (Å²) in [5, 5.41) is 18.5. The number of carbonyl (C=O) groups excluding carboxylic acids is 1. The van der Waals surface area contributed by atoms with Crippen LogP contribution in [0.1, 0.15) is 30.3 Å². The number of aromatic carboxylic acids is 1. The van der Waals surface area contributed by atoms with Crippen LogP contribution in [0.2, 0.25) is 0 Å². The van der Waals surface area contributed by atoms with Gasteiger partial charge in [0.15, 0.2) is 5.69 Å². The molecule has 8 nitrogen and oxygen atoms in total. The van der Waals surface area contributed by atoms with Crippen LogP contribution in [0.25, 0.3) is 0 Å². The first-order chi connectivity index (χ1) is 9.06. The molecule has 0 radical (unpaired) electrons. The Kier molecular flexibility index (Phi) is 5.94. The molecule has 0 saturated carbocycles. The Morgan fingerprint density at radius 2 is 2.32 bits per heavy atom. The molecular weight excluding hydrogens is 250 g/mol. The Labute approximate surface area is 111 Å². The van der Waals surface area contributed by atoms with Crippen molar-refractivity contribution < 1.29 is 14.7 Å². The van der Waals surface area contributed by atoms with Crippen molar-refractivity contribution in [3.8, 4) is 0 Å². The molecule has 8 heteroatoms. The first-order valence-corrected chi connectivity index (χ1v) is 6.17. The molecule has 0 aromatic carbocycles. The number of nitrogens with zero attached hydrogens (tertiary/aromatic N) is 3. The van der Waals surface area contributed by atoms with Crippen molar-refractivity contribution in [2.75, 3.05) is 13.1 Å². The van der Waals surface area contributed by atoms with Crippen LogP contribution in [-0.2, 0) is 11.3 Å². The van der Waals surface area contributed by atoms with Crippen molar-refractivity contribution in [1.29, 1.82) is 0 Å². The van der Waals surface area contributed by atoms with E-state index in [1.54, 1.807) is 0 Å². The SMILES string of the molecule is CCC(CN)CC(=O)NCCn1cc(C(=O)O)nn1. The zero-order valence-electron chi connectivity index (χ0n) is 10.9. The van der Waals surface area contributed by atoms with Crippen molar-refractivity contribution in [2.24, 2.45) is 11.7 Å². The fourth-order valence-corrected chi connectivity index (χ4v) is 1.54. The minimum Gasteiger partial charge on any atom is -0.476 e. The van der Waals surface area contributed by atoms with Gasteiger partial charge in [-0.3, -0.25) is 4.79 Å². The molecule has 0 aliphatic carbocycles. The number of nitrogens with one attached hydrogen (secondary N) is 1. The molecule has 1 heterocycles. The normalized spacial score (nSPS) is 12.1. The van der Waals surface area contributed by atoms with Gasteiger partial charge < -0.3 is 16.2 Å². The molecule has 1 atom stereocenters. The molecule has 0 aliphatic heterocycles. The van der Waals surface area contributed by atoms with Crippen LogP contribution in [0.5, 0.6) is 0 Å². The number of hydrogen-bond donors (Lipinski definition) is 3. The summed E-state index contributed by atoms with van der Waals surface area (Å²) in [6.07, 6.45) is 2.60. The lowest BCUT2D eigenvalue weighted by Gasteiger charge is -2.11. The van der Waals surface area contributed by atoms with Gasteiger partial charge in [-0.15, -0.1) is 5.10 Å². The van der Waals surface area contributed by atoms with Crippen molar-refractivity contribution in [2.45, 2.75) is 26.3 Å². The molecule has 4 N–H and O–H groups in total. The summed E-state index contributed by atoms with van der Waals surface area (Å²) < 4.78 is 1.38. The number of hydrogen-bond acceptors (Lipinski definition) is 5. The van der Waals surface area contributed by atoms with Gasteiger partial charge >= 0.3 is 5.97 Å². The summed E-state index contributed by atoms with van der Waals surface area (Å²) in [5.74, 6) is -0.982. The van der Waals surface area contributed by atoms with Gasteiger partial charge in [-0.1, -0.05) is 18.6 Å². The van der Waals surface area contributed by atoms with Crippen LogP contribution in [-0.4, -0.2) is 45.1 Å². The first-order valence-electron chi connectivity index (χ1n) is 6.17. The first kappa shape index (κ1) is 15.1. The van der Waals surface area contributed by atoms with Gasteiger partial charge in [0.2, 0.25) is 5.91 Å². The molecule has 0 fully saturated rings. The minimum absolute atomic E-state index is 0.0594. The molecule has 0 aliphatic rings. The average molecular weight is 269 g/mol. The Hall–Kier alpha value is -1.96. The number of carbonyl (C=O) groups is 2. The van der Waals surface area contributed by atoms with E-state index >= 15 is 0 Å². The van der Waals surface area contributed by atoms with Crippen LogP contribution >= 0.6 is 0 Å². The molecular formula is C11H19N5O3. The molecule has 1 unspecified atom stereocenters. The van der Waals surface area contributed by atoms with Crippen molar-refractivity contribution in [3.63, 3.8) is 0 Å². The van der Waals surface area contributed by atoms with Crippen LogP contribution in [0.4, 0.5) is 0 Å². The summed E-state index contributed by atoms with van der Waals surface area (Å²) in [4.78, 5) is 22.2. The summed E-state index contributed by atoms with van der Waals surface area (Å²) in [5.41, 5.74) is 5.41. The van der Waals surface area contributed by atoms with E-state index < -0.39 is 5.97 Å². The van der Waals surface area contributed by atoms with Gasteiger partial charge in [0.25, 0.3) is 0 Å². The average Bonchev–Trinajstić information content (AvgIpc) is 2.85. The smallest absolute Gasteiger partial charge is 0.358 e. The van der Waals surface area contributed by atoms with Gasteiger partial charge in [0.1, 0.15) is 0 Å². The van der Waals surface area contributed by atoms with E-state index in [4.69, 9.17) is 10.8 Å². The summed E-state index contributed by atoms with van der Waals surface area (Å²) in [7, 11) is 0.